The summed E-state index contributed by atoms with van der Waals surface area (Å²) in [5.41, 5.74) is 0.870. The van der Waals surface area contributed by atoms with Crippen molar-refractivity contribution in [2.24, 2.45) is 5.10 Å². The number of rotatable bonds is 3. The van der Waals surface area contributed by atoms with Crippen LogP contribution in [-0.2, 0) is 9.59 Å². The Labute approximate surface area is 144 Å². The van der Waals surface area contributed by atoms with E-state index in [1.807, 2.05) is 0 Å². The first kappa shape index (κ1) is 17.3. The predicted molar refractivity (Wildman–Crippen MR) is 89.0 cm³/mol. The molecule has 134 valence electrons. The molecule has 1 fully saturated rings. The molecule has 2 aliphatic rings. The van der Waals surface area contributed by atoms with Gasteiger partial charge in [0.25, 0.3) is 5.91 Å². The highest BCUT2D eigenvalue weighted by atomic mass is 19.2. The standard InChI is InChI=1S/C17H20F2N4O2/c1-22-16(24)7-6-15(21-22)17(25)23-8-2-3-12(10-23)20-11-4-5-13(18)14(19)9-11/h4-5,9,12,20H,2-3,6-8,10H2,1H3/t12-/m0/s1. The Morgan fingerprint density at radius 1 is 1.28 bits per heavy atom. The van der Waals surface area contributed by atoms with Crippen LogP contribution in [0.1, 0.15) is 25.7 Å². The van der Waals surface area contributed by atoms with Crippen LogP contribution in [0.5, 0.6) is 0 Å². The first-order valence-corrected chi connectivity index (χ1v) is 8.29. The monoisotopic (exact) mass is 350 g/mol. The topological polar surface area (TPSA) is 65.0 Å². The van der Waals surface area contributed by atoms with Gasteiger partial charge in [-0.1, -0.05) is 0 Å². The molecule has 2 aliphatic heterocycles. The third kappa shape index (κ3) is 3.94. The molecule has 1 atom stereocenters. The Morgan fingerprint density at radius 3 is 2.80 bits per heavy atom. The van der Waals surface area contributed by atoms with Crippen LogP contribution in [0.3, 0.4) is 0 Å². The first-order chi connectivity index (χ1) is 11.9. The van der Waals surface area contributed by atoms with Crippen molar-refractivity contribution in [1.29, 1.82) is 0 Å². The zero-order valence-corrected chi connectivity index (χ0v) is 14.0. The molecule has 0 aliphatic carbocycles. The average molecular weight is 350 g/mol. The van der Waals surface area contributed by atoms with Crippen LogP contribution in [0.25, 0.3) is 0 Å². The van der Waals surface area contributed by atoms with Gasteiger partial charge in [0.05, 0.1) is 0 Å². The van der Waals surface area contributed by atoms with Gasteiger partial charge in [-0.05, 0) is 25.0 Å². The molecule has 0 bridgehead atoms. The van der Waals surface area contributed by atoms with Gasteiger partial charge in [-0.15, -0.1) is 0 Å². The Bertz CT molecular complexity index is 723. The molecule has 2 amide bonds. The molecule has 2 heterocycles. The maximum atomic E-state index is 13.3. The van der Waals surface area contributed by atoms with Crippen LogP contribution < -0.4 is 5.32 Å². The van der Waals surface area contributed by atoms with Crippen molar-refractivity contribution >= 4 is 23.2 Å². The Hall–Kier alpha value is -2.51. The van der Waals surface area contributed by atoms with Gasteiger partial charge in [-0.25, -0.2) is 13.8 Å². The van der Waals surface area contributed by atoms with Crippen LogP contribution in [-0.4, -0.2) is 53.6 Å². The van der Waals surface area contributed by atoms with Crippen LogP contribution in [0.4, 0.5) is 14.5 Å². The molecule has 0 unspecified atom stereocenters. The lowest BCUT2D eigenvalue weighted by atomic mass is 10.0. The lowest BCUT2D eigenvalue weighted by Gasteiger charge is -2.34. The average Bonchev–Trinajstić information content (AvgIpc) is 2.60. The summed E-state index contributed by atoms with van der Waals surface area (Å²) in [6, 6.07) is 3.62. The van der Waals surface area contributed by atoms with E-state index < -0.39 is 11.6 Å². The van der Waals surface area contributed by atoms with Gasteiger partial charge in [-0.2, -0.15) is 5.10 Å². The number of piperidine rings is 1. The number of hydrazone groups is 1. The van der Waals surface area contributed by atoms with E-state index in [1.54, 1.807) is 11.9 Å². The largest absolute Gasteiger partial charge is 0.380 e. The van der Waals surface area contributed by atoms with E-state index in [9.17, 15) is 18.4 Å². The van der Waals surface area contributed by atoms with Gasteiger partial charge < -0.3 is 10.2 Å². The third-order valence-corrected chi connectivity index (χ3v) is 4.45. The van der Waals surface area contributed by atoms with Gasteiger partial charge >= 0.3 is 0 Å². The highest BCUT2D eigenvalue weighted by Gasteiger charge is 2.29. The van der Waals surface area contributed by atoms with Crippen LogP contribution in [0, 0.1) is 11.6 Å². The second-order valence-corrected chi connectivity index (χ2v) is 6.33. The van der Waals surface area contributed by atoms with Crippen molar-refractivity contribution in [3.63, 3.8) is 0 Å². The van der Waals surface area contributed by atoms with Crippen molar-refractivity contribution in [2.75, 3.05) is 25.5 Å². The van der Waals surface area contributed by atoms with E-state index >= 15 is 0 Å². The summed E-state index contributed by atoms with van der Waals surface area (Å²) >= 11 is 0. The maximum Gasteiger partial charge on any atom is 0.270 e. The van der Waals surface area contributed by atoms with Crippen molar-refractivity contribution in [1.82, 2.24) is 9.91 Å². The second kappa shape index (κ2) is 7.16. The Balaban J connectivity index is 1.64. The minimum absolute atomic E-state index is 0.0499. The highest BCUT2D eigenvalue weighted by Crippen LogP contribution is 2.19. The molecule has 0 saturated carbocycles. The quantitative estimate of drug-likeness (QED) is 0.907. The summed E-state index contributed by atoms with van der Waals surface area (Å²) in [7, 11) is 1.54. The van der Waals surface area contributed by atoms with E-state index in [0.29, 0.717) is 30.9 Å². The third-order valence-electron chi connectivity index (χ3n) is 4.45. The molecule has 25 heavy (non-hydrogen) atoms. The zero-order chi connectivity index (χ0) is 18.0. The predicted octanol–water partition coefficient (Wildman–Crippen LogP) is 1.98. The first-order valence-electron chi connectivity index (χ1n) is 8.29. The Kier molecular flexibility index (Phi) is 4.96. The summed E-state index contributed by atoms with van der Waals surface area (Å²) in [6.07, 6.45) is 2.26. The number of anilines is 1. The number of hydrogen-bond donors (Lipinski definition) is 1. The Morgan fingerprint density at radius 2 is 2.08 bits per heavy atom. The summed E-state index contributed by atoms with van der Waals surface area (Å²) in [5, 5.41) is 8.42. The van der Waals surface area contributed by atoms with Gasteiger partial charge in [0.1, 0.15) is 5.71 Å². The number of nitrogens with one attached hydrogen (secondary N) is 1. The lowest BCUT2D eigenvalue weighted by molar-refractivity contribution is -0.130. The fraction of sp³-hybridized carbons (Fsp3) is 0.471. The van der Waals surface area contributed by atoms with Crippen molar-refractivity contribution in [3.05, 3.63) is 29.8 Å². The van der Waals surface area contributed by atoms with Crippen LogP contribution in [0.15, 0.2) is 23.3 Å². The second-order valence-electron chi connectivity index (χ2n) is 6.33. The number of carbonyl (C=O) groups excluding carboxylic acids is 2. The molecule has 0 radical (unpaired) electrons. The molecular formula is C17H20F2N4O2. The molecular weight excluding hydrogens is 330 g/mol. The number of halogens is 2. The molecule has 1 saturated heterocycles. The minimum Gasteiger partial charge on any atom is -0.380 e. The summed E-state index contributed by atoms with van der Waals surface area (Å²) < 4.78 is 26.3. The van der Waals surface area contributed by atoms with Gasteiger partial charge in [-0.3, -0.25) is 9.59 Å². The van der Waals surface area contributed by atoms with E-state index in [0.717, 1.165) is 25.0 Å². The summed E-state index contributed by atoms with van der Waals surface area (Å²) in [5.74, 6) is -2.07. The van der Waals surface area contributed by atoms with E-state index in [1.165, 1.54) is 11.1 Å². The minimum atomic E-state index is -0.905. The van der Waals surface area contributed by atoms with E-state index in [2.05, 4.69) is 10.4 Å². The smallest absolute Gasteiger partial charge is 0.270 e. The molecule has 6 nitrogen and oxygen atoms in total. The molecule has 0 aromatic heterocycles. The molecule has 3 rings (SSSR count). The highest BCUT2D eigenvalue weighted by molar-refractivity contribution is 6.39. The fourth-order valence-corrected chi connectivity index (χ4v) is 3.11. The molecule has 1 aromatic carbocycles. The van der Waals surface area contributed by atoms with E-state index in [4.69, 9.17) is 0 Å². The maximum absolute atomic E-state index is 13.3. The van der Waals surface area contributed by atoms with Gasteiger partial charge in [0.15, 0.2) is 11.6 Å². The number of carbonyl (C=O) groups is 2. The number of nitrogens with zero attached hydrogens (tertiary/aromatic N) is 3. The lowest BCUT2D eigenvalue weighted by Crippen LogP contribution is -2.48. The summed E-state index contributed by atoms with van der Waals surface area (Å²) in [6.45, 7) is 1.07. The number of benzene rings is 1. The fourth-order valence-electron chi connectivity index (χ4n) is 3.11. The molecule has 0 spiro atoms. The molecule has 1 N–H and O–H groups in total. The zero-order valence-electron chi connectivity index (χ0n) is 14.0. The van der Waals surface area contributed by atoms with Crippen molar-refractivity contribution in [2.45, 2.75) is 31.7 Å². The number of likely N-dealkylation sites (tertiary alicyclic amines) is 1. The van der Waals surface area contributed by atoms with Crippen molar-refractivity contribution < 1.29 is 18.4 Å². The van der Waals surface area contributed by atoms with Crippen molar-refractivity contribution in [3.8, 4) is 0 Å². The molecule has 8 heteroatoms. The van der Waals surface area contributed by atoms with Gasteiger partial charge in [0, 0.05) is 50.8 Å². The van der Waals surface area contributed by atoms with E-state index in [-0.39, 0.29) is 24.3 Å². The number of amides is 2. The van der Waals surface area contributed by atoms with Crippen LogP contribution >= 0.6 is 0 Å². The molecule has 1 aromatic rings. The number of hydrogen-bond acceptors (Lipinski definition) is 4. The normalized spacial score (nSPS) is 21.2. The summed E-state index contributed by atoms with van der Waals surface area (Å²) in [4.78, 5) is 25.8. The SMILES string of the molecule is CN1N=C(C(=O)N2CCC[C@H](Nc3ccc(F)c(F)c3)C2)CCC1=O. The van der Waals surface area contributed by atoms with Gasteiger partial charge in [0.2, 0.25) is 5.91 Å². The van der Waals surface area contributed by atoms with Crippen LogP contribution in [0.2, 0.25) is 0 Å².